The maximum absolute atomic E-state index is 10.2. The summed E-state index contributed by atoms with van der Waals surface area (Å²) in [5.41, 5.74) is -0.0732. The third kappa shape index (κ3) is 1.68. The van der Waals surface area contributed by atoms with E-state index < -0.39 is 5.60 Å². The highest BCUT2D eigenvalue weighted by molar-refractivity contribution is 5.09. The first-order valence-corrected chi connectivity index (χ1v) is 4.51. The fourth-order valence-corrected chi connectivity index (χ4v) is 1.64. The van der Waals surface area contributed by atoms with E-state index in [4.69, 9.17) is 0 Å². The van der Waals surface area contributed by atoms with E-state index in [0.29, 0.717) is 18.5 Å². The fourth-order valence-electron chi connectivity index (χ4n) is 1.64. The third-order valence-corrected chi connectivity index (χ3v) is 2.47. The Balaban J connectivity index is 2.23. The molecule has 0 spiro atoms. The molecule has 1 aromatic heterocycles. The highest BCUT2D eigenvalue weighted by atomic mass is 16.3. The van der Waals surface area contributed by atoms with Gasteiger partial charge < -0.3 is 10.4 Å². The molecule has 2 N–H and O–H groups in total. The molecule has 4 nitrogen and oxygen atoms in total. The van der Waals surface area contributed by atoms with Crippen molar-refractivity contribution in [3.05, 3.63) is 24.3 Å². The number of aromatic nitrogens is 2. The molecule has 2 heterocycles. The van der Waals surface area contributed by atoms with Crippen LogP contribution in [0.3, 0.4) is 0 Å². The summed E-state index contributed by atoms with van der Waals surface area (Å²) in [7, 11) is 0. The molecule has 13 heavy (non-hydrogen) atoms. The first-order valence-electron chi connectivity index (χ1n) is 4.51. The summed E-state index contributed by atoms with van der Waals surface area (Å²) in [6.07, 6.45) is 6.31. The van der Waals surface area contributed by atoms with Crippen LogP contribution in [-0.4, -0.2) is 28.2 Å². The van der Waals surface area contributed by atoms with Gasteiger partial charge >= 0.3 is 0 Å². The smallest absolute Gasteiger partial charge is 0.110 e. The van der Waals surface area contributed by atoms with Crippen LogP contribution in [0.5, 0.6) is 0 Å². The van der Waals surface area contributed by atoms with Crippen molar-refractivity contribution in [2.24, 2.45) is 0 Å². The van der Waals surface area contributed by atoms with E-state index in [-0.39, 0.29) is 0 Å². The van der Waals surface area contributed by atoms with Gasteiger partial charge in [-0.2, -0.15) is 0 Å². The first-order chi connectivity index (χ1) is 6.31. The fraction of sp³-hybridized carbons (Fsp3) is 0.556. The Hall–Kier alpha value is -1.00. The summed E-state index contributed by atoms with van der Waals surface area (Å²) in [5.74, 6) is 0. The number of nitrogens with one attached hydrogen (secondary N) is 1. The lowest BCUT2D eigenvalue weighted by molar-refractivity contribution is 0.00153. The topological polar surface area (TPSA) is 58.0 Å². The normalized spacial score (nSPS) is 21.3. The molecule has 1 aliphatic heterocycles. The van der Waals surface area contributed by atoms with Crippen LogP contribution >= 0.6 is 0 Å². The Morgan fingerprint density at radius 2 is 2.08 bits per heavy atom. The van der Waals surface area contributed by atoms with E-state index in [1.807, 2.05) is 0 Å². The summed E-state index contributed by atoms with van der Waals surface area (Å²) < 4.78 is 0. The lowest BCUT2D eigenvalue weighted by Crippen LogP contribution is -2.40. The predicted molar refractivity (Wildman–Crippen MR) is 48.0 cm³/mol. The largest absolute Gasteiger partial charge is 0.383 e. The van der Waals surface area contributed by atoms with Crippen molar-refractivity contribution in [1.29, 1.82) is 0 Å². The van der Waals surface area contributed by atoms with Crippen LogP contribution in [0.4, 0.5) is 0 Å². The SMILES string of the molecule is OC1(c2cnccn2)CCNCC1. The number of hydrogen-bond donors (Lipinski definition) is 2. The molecule has 1 aliphatic rings. The summed E-state index contributed by atoms with van der Waals surface area (Å²) in [6, 6.07) is 0. The van der Waals surface area contributed by atoms with Crippen molar-refractivity contribution in [1.82, 2.24) is 15.3 Å². The Kier molecular flexibility index (Phi) is 2.24. The molecule has 0 saturated carbocycles. The van der Waals surface area contributed by atoms with Crippen molar-refractivity contribution in [2.45, 2.75) is 18.4 Å². The van der Waals surface area contributed by atoms with Crippen LogP contribution in [0, 0.1) is 0 Å². The van der Waals surface area contributed by atoms with Gasteiger partial charge in [-0.05, 0) is 25.9 Å². The van der Waals surface area contributed by atoms with Crippen molar-refractivity contribution < 1.29 is 5.11 Å². The highest BCUT2D eigenvalue weighted by Gasteiger charge is 2.32. The average molecular weight is 179 g/mol. The molecule has 0 radical (unpaired) electrons. The van der Waals surface area contributed by atoms with E-state index in [2.05, 4.69) is 15.3 Å². The van der Waals surface area contributed by atoms with Gasteiger partial charge in [-0.3, -0.25) is 9.97 Å². The molecule has 0 bridgehead atoms. The van der Waals surface area contributed by atoms with E-state index >= 15 is 0 Å². The van der Waals surface area contributed by atoms with Crippen LogP contribution in [0.25, 0.3) is 0 Å². The number of piperidine rings is 1. The second-order valence-corrected chi connectivity index (χ2v) is 3.37. The number of rotatable bonds is 1. The highest BCUT2D eigenvalue weighted by Crippen LogP contribution is 2.27. The maximum Gasteiger partial charge on any atom is 0.110 e. The summed E-state index contributed by atoms with van der Waals surface area (Å²) in [6.45, 7) is 1.68. The second-order valence-electron chi connectivity index (χ2n) is 3.37. The minimum atomic E-state index is -0.764. The van der Waals surface area contributed by atoms with Gasteiger partial charge in [0, 0.05) is 12.4 Å². The van der Waals surface area contributed by atoms with Crippen molar-refractivity contribution in [2.75, 3.05) is 13.1 Å². The predicted octanol–water partition coefficient (Wildman–Crippen LogP) is 0.0476. The second kappa shape index (κ2) is 3.40. The van der Waals surface area contributed by atoms with Crippen molar-refractivity contribution in [3.63, 3.8) is 0 Å². The van der Waals surface area contributed by atoms with Gasteiger partial charge in [0.2, 0.25) is 0 Å². The molecule has 0 aliphatic carbocycles. The van der Waals surface area contributed by atoms with Gasteiger partial charge in [-0.1, -0.05) is 0 Å². The van der Waals surface area contributed by atoms with Gasteiger partial charge in [-0.15, -0.1) is 0 Å². The lowest BCUT2D eigenvalue weighted by Gasteiger charge is -2.31. The Morgan fingerprint density at radius 1 is 1.31 bits per heavy atom. The monoisotopic (exact) mass is 179 g/mol. The van der Waals surface area contributed by atoms with E-state index in [1.54, 1.807) is 18.6 Å². The summed E-state index contributed by atoms with van der Waals surface area (Å²) in [5, 5.41) is 13.4. The standard InChI is InChI=1S/C9H13N3O/c13-9(1-3-10-4-2-9)8-7-11-5-6-12-8/h5-7,10,13H,1-4H2. The van der Waals surface area contributed by atoms with Crippen molar-refractivity contribution in [3.8, 4) is 0 Å². The van der Waals surface area contributed by atoms with Gasteiger partial charge in [0.25, 0.3) is 0 Å². The maximum atomic E-state index is 10.2. The molecule has 0 unspecified atom stereocenters. The zero-order chi connectivity index (χ0) is 9.15. The van der Waals surface area contributed by atoms with E-state index in [9.17, 15) is 5.11 Å². The van der Waals surface area contributed by atoms with Crippen LogP contribution in [0.1, 0.15) is 18.5 Å². The Morgan fingerprint density at radius 3 is 2.69 bits per heavy atom. The first kappa shape index (κ1) is 8.59. The Labute approximate surface area is 77.0 Å². The zero-order valence-corrected chi connectivity index (χ0v) is 7.40. The van der Waals surface area contributed by atoms with Crippen LogP contribution in [0.15, 0.2) is 18.6 Å². The van der Waals surface area contributed by atoms with Gasteiger partial charge in [0.15, 0.2) is 0 Å². The minimum absolute atomic E-state index is 0.691. The van der Waals surface area contributed by atoms with Crippen LogP contribution < -0.4 is 5.32 Å². The van der Waals surface area contributed by atoms with Crippen LogP contribution in [0.2, 0.25) is 0 Å². The number of nitrogens with zero attached hydrogens (tertiary/aromatic N) is 2. The van der Waals surface area contributed by atoms with Gasteiger partial charge in [0.05, 0.1) is 11.9 Å². The van der Waals surface area contributed by atoms with Crippen LogP contribution in [-0.2, 0) is 5.60 Å². The summed E-state index contributed by atoms with van der Waals surface area (Å²) in [4.78, 5) is 8.10. The number of aliphatic hydroxyl groups is 1. The van der Waals surface area contributed by atoms with Crippen molar-refractivity contribution >= 4 is 0 Å². The molecule has 2 rings (SSSR count). The molecule has 1 saturated heterocycles. The zero-order valence-electron chi connectivity index (χ0n) is 7.40. The van der Waals surface area contributed by atoms with E-state index in [0.717, 1.165) is 13.1 Å². The molecule has 0 aromatic carbocycles. The number of hydrogen-bond acceptors (Lipinski definition) is 4. The van der Waals surface area contributed by atoms with Gasteiger partial charge in [-0.25, -0.2) is 0 Å². The quantitative estimate of drug-likeness (QED) is 0.639. The molecule has 1 fully saturated rings. The molecule has 0 atom stereocenters. The molecular formula is C9H13N3O. The Bertz CT molecular complexity index is 269. The van der Waals surface area contributed by atoms with E-state index in [1.165, 1.54) is 0 Å². The molecule has 4 heteroatoms. The lowest BCUT2D eigenvalue weighted by atomic mass is 9.89. The summed E-state index contributed by atoms with van der Waals surface area (Å²) >= 11 is 0. The molecule has 1 aromatic rings. The minimum Gasteiger partial charge on any atom is -0.383 e. The van der Waals surface area contributed by atoms with Gasteiger partial charge in [0.1, 0.15) is 5.60 Å². The molecule has 0 amide bonds. The third-order valence-electron chi connectivity index (χ3n) is 2.47. The molecule has 70 valence electrons. The average Bonchev–Trinajstić information content (AvgIpc) is 2.20. The molecular weight excluding hydrogens is 166 g/mol.